The summed E-state index contributed by atoms with van der Waals surface area (Å²) in [6.45, 7) is 0.547. The van der Waals surface area contributed by atoms with Gasteiger partial charge in [0.2, 0.25) is 5.91 Å². The molecule has 7 nitrogen and oxygen atoms in total. The van der Waals surface area contributed by atoms with Crippen molar-refractivity contribution in [3.05, 3.63) is 0 Å². The molecule has 2 atom stereocenters. The highest BCUT2D eigenvalue weighted by atomic mass is 32.2. The van der Waals surface area contributed by atoms with Crippen LogP contribution >= 0.6 is 11.8 Å². The molecule has 0 aliphatic carbocycles. The third-order valence-corrected chi connectivity index (χ3v) is 3.02. The van der Waals surface area contributed by atoms with E-state index < -0.39 is 18.2 Å². The molecule has 3 amide bonds. The standard InChI is InChI=1S/C11H23N3O4S/c1-18-7-8(15)3-5-13-10(16)9(4-6-19-2)14-11(12)17/h8-9,15H,3-7H2,1-2H3,(H,13,16)(H3,12,14,17). The minimum Gasteiger partial charge on any atom is -0.391 e. The van der Waals surface area contributed by atoms with Crippen LogP contribution in [0.1, 0.15) is 12.8 Å². The lowest BCUT2D eigenvalue weighted by atomic mass is 10.2. The van der Waals surface area contributed by atoms with Gasteiger partial charge in [-0.15, -0.1) is 0 Å². The van der Waals surface area contributed by atoms with Gasteiger partial charge in [-0.05, 0) is 24.9 Å². The highest BCUT2D eigenvalue weighted by molar-refractivity contribution is 7.98. The summed E-state index contributed by atoms with van der Waals surface area (Å²) in [4.78, 5) is 22.6. The van der Waals surface area contributed by atoms with Gasteiger partial charge in [0, 0.05) is 13.7 Å². The van der Waals surface area contributed by atoms with Crippen molar-refractivity contribution in [2.24, 2.45) is 5.73 Å². The molecule has 2 unspecified atom stereocenters. The molecule has 0 fully saturated rings. The topological polar surface area (TPSA) is 114 Å². The summed E-state index contributed by atoms with van der Waals surface area (Å²) >= 11 is 1.58. The molecule has 19 heavy (non-hydrogen) atoms. The Bertz CT molecular complexity index is 279. The van der Waals surface area contributed by atoms with E-state index in [1.54, 1.807) is 11.8 Å². The first-order chi connectivity index (χ1) is 9.01. The molecule has 0 saturated carbocycles. The van der Waals surface area contributed by atoms with Crippen LogP contribution < -0.4 is 16.4 Å². The van der Waals surface area contributed by atoms with Crippen LogP contribution in [0.5, 0.6) is 0 Å². The molecule has 0 bridgehead atoms. The number of nitrogens with two attached hydrogens (primary N) is 1. The summed E-state index contributed by atoms with van der Waals surface area (Å²) in [7, 11) is 1.50. The average molecular weight is 293 g/mol. The molecule has 0 aromatic heterocycles. The zero-order valence-corrected chi connectivity index (χ0v) is 12.2. The van der Waals surface area contributed by atoms with Crippen LogP contribution in [0.2, 0.25) is 0 Å². The second-order valence-electron chi connectivity index (χ2n) is 4.03. The Morgan fingerprint density at radius 1 is 1.42 bits per heavy atom. The first-order valence-electron chi connectivity index (χ1n) is 6.00. The van der Waals surface area contributed by atoms with Crippen LogP contribution in [0, 0.1) is 0 Å². The summed E-state index contributed by atoms with van der Waals surface area (Å²) in [5.74, 6) is 0.447. The number of thioether (sulfide) groups is 1. The molecule has 0 saturated heterocycles. The quantitative estimate of drug-likeness (QED) is 0.425. The van der Waals surface area contributed by atoms with E-state index in [0.29, 0.717) is 19.4 Å². The first-order valence-corrected chi connectivity index (χ1v) is 7.40. The van der Waals surface area contributed by atoms with Gasteiger partial charge in [0.25, 0.3) is 0 Å². The Hall–Kier alpha value is -0.990. The van der Waals surface area contributed by atoms with Crippen LogP contribution in [0.25, 0.3) is 0 Å². The number of ether oxygens (including phenoxy) is 1. The van der Waals surface area contributed by atoms with Crippen LogP contribution in [-0.2, 0) is 9.53 Å². The van der Waals surface area contributed by atoms with Gasteiger partial charge < -0.3 is 26.2 Å². The van der Waals surface area contributed by atoms with Crippen molar-refractivity contribution < 1.29 is 19.4 Å². The van der Waals surface area contributed by atoms with Gasteiger partial charge in [-0.25, -0.2) is 4.79 Å². The summed E-state index contributed by atoms with van der Waals surface area (Å²) < 4.78 is 4.78. The van der Waals surface area contributed by atoms with Gasteiger partial charge in [0.15, 0.2) is 0 Å². The monoisotopic (exact) mass is 293 g/mol. The number of aliphatic hydroxyl groups excluding tert-OH is 1. The Morgan fingerprint density at radius 2 is 2.11 bits per heavy atom. The van der Waals surface area contributed by atoms with E-state index in [-0.39, 0.29) is 12.5 Å². The summed E-state index contributed by atoms with van der Waals surface area (Å²) in [5.41, 5.74) is 5.03. The second-order valence-corrected chi connectivity index (χ2v) is 5.02. The smallest absolute Gasteiger partial charge is 0.312 e. The lowest BCUT2D eigenvalue weighted by Crippen LogP contribution is -2.49. The lowest BCUT2D eigenvalue weighted by Gasteiger charge is -2.17. The number of hydrogen-bond acceptors (Lipinski definition) is 5. The van der Waals surface area contributed by atoms with E-state index in [0.717, 1.165) is 5.75 Å². The molecule has 0 aromatic carbocycles. The molecule has 0 radical (unpaired) electrons. The van der Waals surface area contributed by atoms with Gasteiger partial charge in [0.1, 0.15) is 6.04 Å². The Kier molecular flexibility index (Phi) is 10.3. The minimum absolute atomic E-state index is 0.227. The Labute approximate surface area is 117 Å². The van der Waals surface area contributed by atoms with E-state index in [4.69, 9.17) is 10.5 Å². The normalized spacial score (nSPS) is 13.6. The molecular weight excluding hydrogens is 270 g/mol. The van der Waals surface area contributed by atoms with Gasteiger partial charge in [-0.3, -0.25) is 4.79 Å². The molecule has 8 heteroatoms. The lowest BCUT2D eigenvalue weighted by molar-refractivity contribution is -0.123. The van der Waals surface area contributed by atoms with Crippen molar-refractivity contribution >= 4 is 23.7 Å². The Balaban J connectivity index is 4.05. The van der Waals surface area contributed by atoms with Gasteiger partial charge in [-0.2, -0.15) is 11.8 Å². The van der Waals surface area contributed by atoms with Crippen molar-refractivity contribution in [3.63, 3.8) is 0 Å². The van der Waals surface area contributed by atoms with Crippen molar-refractivity contribution in [2.45, 2.75) is 25.0 Å². The number of hydrogen-bond donors (Lipinski definition) is 4. The fourth-order valence-electron chi connectivity index (χ4n) is 1.44. The fraction of sp³-hybridized carbons (Fsp3) is 0.818. The predicted octanol–water partition coefficient (Wildman–Crippen LogP) is -0.710. The maximum atomic E-state index is 11.8. The maximum Gasteiger partial charge on any atom is 0.312 e. The molecule has 0 heterocycles. The number of carbonyl (C=O) groups excluding carboxylic acids is 2. The zero-order valence-electron chi connectivity index (χ0n) is 11.3. The highest BCUT2D eigenvalue weighted by Gasteiger charge is 2.19. The first kappa shape index (κ1) is 18.0. The fourth-order valence-corrected chi connectivity index (χ4v) is 1.91. The number of methoxy groups -OCH3 is 1. The van der Waals surface area contributed by atoms with Crippen molar-refractivity contribution in [2.75, 3.05) is 32.3 Å². The number of amides is 3. The number of rotatable bonds is 10. The van der Waals surface area contributed by atoms with E-state index in [2.05, 4.69) is 10.6 Å². The van der Waals surface area contributed by atoms with Gasteiger partial charge >= 0.3 is 6.03 Å². The average Bonchev–Trinajstić information content (AvgIpc) is 2.34. The van der Waals surface area contributed by atoms with E-state index in [1.807, 2.05) is 6.26 Å². The molecule has 0 rings (SSSR count). The summed E-state index contributed by atoms with van der Waals surface area (Å²) in [6.07, 6.45) is 2.21. The van der Waals surface area contributed by atoms with E-state index >= 15 is 0 Å². The molecule has 0 aliphatic heterocycles. The number of aliphatic hydroxyl groups is 1. The van der Waals surface area contributed by atoms with E-state index in [1.165, 1.54) is 7.11 Å². The number of primary amides is 1. The summed E-state index contributed by atoms with van der Waals surface area (Å²) in [5, 5.41) is 14.5. The van der Waals surface area contributed by atoms with Crippen molar-refractivity contribution in [1.82, 2.24) is 10.6 Å². The number of urea groups is 1. The highest BCUT2D eigenvalue weighted by Crippen LogP contribution is 2.01. The minimum atomic E-state index is -0.722. The van der Waals surface area contributed by atoms with Crippen molar-refractivity contribution in [3.8, 4) is 0 Å². The van der Waals surface area contributed by atoms with Crippen LogP contribution in [0.3, 0.4) is 0 Å². The Morgan fingerprint density at radius 3 is 2.63 bits per heavy atom. The number of nitrogens with one attached hydrogen (secondary N) is 2. The van der Waals surface area contributed by atoms with Gasteiger partial charge in [0.05, 0.1) is 12.7 Å². The molecule has 112 valence electrons. The van der Waals surface area contributed by atoms with E-state index in [9.17, 15) is 14.7 Å². The maximum absolute atomic E-state index is 11.8. The molecule has 0 spiro atoms. The molecule has 5 N–H and O–H groups in total. The molecule has 0 aromatic rings. The second kappa shape index (κ2) is 10.9. The number of carbonyl (C=O) groups is 2. The third kappa shape index (κ3) is 9.57. The van der Waals surface area contributed by atoms with Crippen LogP contribution in [0.4, 0.5) is 4.79 Å². The zero-order chi connectivity index (χ0) is 14.7. The summed E-state index contributed by atoms with van der Waals surface area (Å²) in [6, 6.07) is -1.36. The molecular formula is C11H23N3O4S. The SMILES string of the molecule is COCC(O)CCNC(=O)C(CCSC)NC(N)=O. The van der Waals surface area contributed by atoms with Crippen LogP contribution in [-0.4, -0.2) is 61.5 Å². The predicted molar refractivity (Wildman–Crippen MR) is 75.0 cm³/mol. The third-order valence-electron chi connectivity index (χ3n) is 2.38. The van der Waals surface area contributed by atoms with Gasteiger partial charge in [-0.1, -0.05) is 0 Å². The largest absolute Gasteiger partial charge is 0.391 e. The van der Waals surface area contributed by atoms with Crippen LogP contribution in [0.15, 0.2) is 0 Å². The van der Waals surface area contributed by atoms with Crippen molar-refractivity contribution in [1.29, 1.82) is 0 Å². The molecule has 0 aliphatic rings.